The van der Waals surface area contributed by atoms with Gasteiger partial charge in [-0.1, -0.05) is 71.1 Å². The van der Waals surface area contributed by atoms with Gasteiger partial charge in [0, 0.05) is 0 Å². The van der Waals surface area contributed by atoms with E-state index < -0.39 is 0 Å². The first-order valence-corrected chi connectivity index (χ1v) is 15.8. The number of quaternary nitrogens is 1. The molecule has 0 aliphatic heterocycles. The summed E-state index contributed by atoms with van der Waals surface area (Å²) in [6.07, 6.45) is 17.7. The molecule has 2 rings (SSSR count). The quantitative estimate of drug-likeness (QED) is 0.0825. The van der Waals surface area contributed by atoms with Crippen LogP contribution >= 0.6 is 0 Å². The Morgan fingerprint density at radius 1 is 0.561 bits per heavy atom. The molecule has 0 amide bonds. The van der Waals surface area contributed by atoms with E-state index in [-0.39, 0.29) is 23.6 Å². The highest BCUT2D eigenvalue weighted by Crippen LogP contribution is 2.23. The molecule has 0 fully saturated rings. The Balaban J connectivity index is 0.00000840. The number of benzene rings is 2. The minimum Gasteiger partial charge on any atom is -1.00 e. The van der Waals surface area contributed by atoms with Gasteiger partial charge in [-0.2, -0.15) is 10.2 Å². The first-order valence-electron chi connectivity index (χ1n) is 15.8. The summed E-state index contributed by atoms with van der Waals surface area (Å²) in [5, 5.41) is 17.8. The van der Waals surface area contributed by atoms with Crippen molar-refractivity contribution in [2.45, 2.75) is 96.8 Å². The van der Waals surface area contributed by atoms with Crippen LogP contribution in [0.5, 0.6) is 11.5 Å². The van der Waals surface area contributed by atoms with E-state index in [0.717, 1.165) is 66.5 Å². The van der Waals surface area contributed by atoms with E-state index in [0.29, 0.717) is 0 Å². The van der Waals surface area contributed by atoms with Crippen LogP contribution in [0, 0.1) is 0 Å². The Hall–Kier alpha value is -1.96. The number of aliphatic hydroxyl groups excluding tert-OH is 1. The van der Waals surface area contributed by atoms with Crippen LogP contribution in [0.3, 0.4) is 0 Å². The first-order chi connectivity index (χ1) is 19.5. The van der Waals surface area contributed by atoms with Gasteiger partial charge in [0.2, 0.25) is 0 Å². The van der Waals surface area contributed by atoms with Crippen LogP contribution < -0.4 is 26.5 Å². The van der Waals surface area contributed by atoms with E-state index >= 15 is 0 Å². The lowest BCUT2D eigenvalue weighted by Crippen LogP contribution is -3.00. The number of rotatable bonds is 24. The van der Waals surface area contributed by atoms with Gasteiger partial charge in [0.05, 0.1) is 51.8 Å². The Labute approximate surface area is 260 Å². The lowest BCUT2D eigenvalue weighted by atomic mass is 10.1. The number of halogens is 1. The number of ether oxygens (including phenoxy) is 2. The van der Waals surface area contributed by atoms with Crippen LogP contribution in [0.1, 0.15) is 96.8 Å². The Morgan fingerprint density at radius 2 is 0.951 bits per heavy atom. The molecule has 0 saturated carbocycles. The third-order valence-corrected chi connectivity index (χ3v) is 7.35. The van der Waals surface area contributed by atoms with Gasteiger partial charge < -0.3 is 36.0 Å². The van der Waals surface area contributed by atoms with E-state index in [1.165, 1.54) is 77.0 Å². The highest BCUT2D eigenvalue weighted by molar-refractivity contribution is 5.44. The number of hydrogen-bond donors (Lipinski definition) is 1. The SMILES string of the molecule is CCCCCCCCOc1ccc(N=Nc2ccc(OCCCCCCCCCC[N+](C)(C)CCO)cc2)cc1.[Br-]. The maximum Gasteiger partial charge on any atom is 0.119 e. The lowest BCUT2D eigenvalue weighted by Gasteiger charge is -2.28. The summed E-state index contributed by atoms with van der Waals surface area (Å²) < 4.78 is 12.7. The average Bonchev–Trinajstić information content (AvgIpc) is 2.95. The number of aliphatic hydroxyl groups is 1. The van der Waals surface area contributed by atoms with E-state index in [4.69, 9.17) is 14.6 Å². The van der Waals surface area contributed by atoms with Crippen LogP contribution in [0.2, 0.25) is 0 Å². The minimum absolute atomic E-state index is 0. The molecule has 0 aliphatic carbocycles. The molecule has 232 valence electrons. The second-order valence-electron chi connectivity index (χ2n) is 11.6. The van der Waals surface area contributed by atoms with Crippen molar-refractivity contribution < 1.29 is 36.0 Å². The zero-order chi connectivity index (χ0) is 28.7. The largest absolute Gasteiger partial charge is 1.00 e. The Bertz CT molecular complexity index is 904. The summed E-state index contributed by atoms with van der Waals surface area (Å²) >= 11 is 0. The van der Waals surface area contributed by atoms with Crippen molar-refractivity contribution in [3.63, 3.8) is 0 Å². The van der Waals surface area contributed by atoms with Crippen LogP contribution in [0.15, 0.2) is 58.8 Å². The molecule has 0 heterocycles. The van der Waals surface area contributed by atoms with Crippen molar-refractivity contribution in [2.75, 3.05) is 47.0 Å². The predicted octanol–water partition coefficient (Wildman–Crippen LogP) is 6.41. The zero-order valence-electron chi connectivity index (χ0n) is 26.0. The van der Waals surface area contributed by atoms with Gasteiger partial charge >= 0.3 is 0 Å². The molecular weight excluding hydrogens is 578 g/mol. The van der Waals surface area contributed by atoms with E-state index in [1.807, 2.05) is 48.5 Å². The smallest absolute Gasteiger partial charge is 0.119 e. The van der Waals surface area contributed by atoms with E-state index in [1.54, 1.807) is 0 Å². The number of hydrogen-bond acceptors (Lipinski definition) is 5. The fourth-order valence-electron chi connectivity index (χ4n) is 4.68. The van der Waals surface area contributed by atoms with Gasteiger partial charge in [-0.25, -0.2) is 0 Å². The zero-order valence-corrected chi connectivity index (χ0v) is 27.6. The van der Waals surface area contributed by atoms with Crippen LogP contribution in [0.25, 0.3) is 0 Å². The fraction of sp³-hybridized carbons (Fsp3) is 0.647. The van der Waals surface area contributed by atoms with Crippen molar-refractivity contribution in [2.24, 2.45) is 10.2 Å². The van der Waals surface area contributed by atoms with Crippen LogP contribution in [-0.2, 0) is 0 Å². The number of likely N-dealkylation sites (N-methyl/N-ethyl adjacent to an activating group) is 1. The molecular formula is C34H56BrN3O3. The number of azo groups is 1. The summed E-state index contributed by atoms with van der Waals surface area (Å²) in [7, 11) is 4.40. The predicted molar refractivity (Wildman–Crippen MR) is 167 cm³/mol. The van der Waals surface area contributed by atoms with Gasteiger partial charge in [-0.05, 0) is 74.2 Å². The van der Waals surface area contributed by atoms with E-state index in [9.17, 15) is 0 Å². The molecule has 0 saturated heterocycles. The maximum absolute atomic E-state index is 9.11. The Morgan fingerprint density at radius 3 is 1.37 bits per heavy atom. The third kappa shape index (κ3) is 19.0. The summed E-state index contributed by atoms with van der Waals surface area (Å²) in [6, 6.07) is 15.6. The molecule has 2 aromatic rings. The maximum atomic E-state index is 9.11. The summed E-state index contributed by atoms with van der Waals surface area (Å²) in [4.78, 5) is 0. The van der Waals surface area contributed by atoms with Gasteiger partial charge in [0.25, 0.3) is 0 Å². The number of unbranched alkanes of at least 4 members (excludes halogenated alkanes) is 12. The minimum atomic E-state index is 0. The highest BCUT2D eigenvalue weighted by Gasteiger charge is 2.12. The molecule has 0 radical (unpaired) electrons. The summed E-state index contributed by atoms with van der Waals surface area (Å²) in [5.74, 6) is 1.77. The highest BCUT2D eigenvalue weighted by atomic mass is 79.9. The second kappa shape index (κ2) is 23.6. The van der Waals surface area contributed by atoms with Gasteiger partial charge in [-0.15, -0.1) is 0 Å². The summed E-state index contributed by atoms with van der Waals surface area (Å²) in [6.45, 7) is 6.06. The number of nitrogens with zero attached hydrogens (tertiary/aromatic N) is 3. The van der Waals surface area contributed by atoms with Crippen molar-refractivity contribution in [1.82, 2.24) is 0 Å². The molecule has 6 nitrogen and oxygen atoms in total. The van der Waals surface area contributed by atoms with Crippen molar-refractivity contribution in [3.05, 3.63) is 48.5 Å². The summed E-state index contributed by atoms with van der Waals surface area (Å²) in [5.41, 5.74) is 1.63. The standard InChI is InChI=1S/C34H56N3O3.BrH/c1-4-5-6-7-13-16-29-39-33-22-18-31(19-23-33)35-36-32-20-24-34(25-21-32)40-30-17-14-11-9-8-10-12-15-26-37(2,3)27-28-38;/h18-25,38H,4-17,26-30H2,1-3H3;1H/q+1;/p-1. The molecule has 0 aromatic heterocycles. The molecule has 0 aliphatic rings. The molecule has 0 spiro atoms. The lowest BCUT2D eigenvalue weighted by molar-refractivity contribution is -0.890. The second-order valence-corrected chi connectivity index (χ2v) is 11.6. The van der Waals surface area contributed by atoms with Crippen molar-refractivity contribution >= 4 is 11.4 Å². The monoisotopic (exact) mass is 633 g/mol. The molecule has 0 atom stereocenters. The van der Waals surface area contributed by atoms with Crippen LogP contribution in [-0.4, -0.2) is 56.6 Å². The molecule has 0 bridgehead atoms. The molecule has 2 aromatic carbocycles. The molecule has 41 heavy (non-hydrogen) atoms. The van der Waals surface area contributed by atoms with Crippen LogP contribution in [0.4, 0.5) is 11.4 Å². The van der Waals surface area contributed by atoms with Gasteiger partial charge in [0.15, 0.2) is 0 Å². The third-order valence-electron chi connectivity index (χ3n) is 7.35. The first kappa shape index (κ1) is 37.1. The Kier molecular flexibility index (Phi) is 21.3. The molecule has 1 N–H and O–H groups in total. The normalized spacial score (nSPS) is 11.5. The van der Waals surface area contributed by atoms with Gasteiger partial charge in [0.1, 0.15) is 18.0 Å². The molecule has 0 unspecified atom stereocenters. The van der Waals surface area contributed by atoms with E-state index in [2.05, 4.69) is 31.2 Å². The van der Waals surface area contributed by atoms with Crippen molar-refractivity contribution in [3.8, 4) is 11.5 Å². The topological polar surface area (TPSA) is 63.4 Å². The molecule has 7 heteroatoms. The van der Waals surface area contributed by atoms with Crippen molar-refractivity contribution in [1.29, 1.82) is 0 Å². The van der Waals surface area contributed by atoms with Gasteiger partial charge in [-0.3, -0.25) is 0 Å². The average molecular weight is 635 g/mol. The fourth-order valence-corrected chi connectivity index (χ4v) is 4.68.